The summed E-state index contributed by atoms with van der Waals surface area (Å²) in [4.78, 5) is 26.6. The molecule has 1 saturated carbocycles. The first-order valence-electron chi connectivity index (χ1n) is 15.8. The smallest absolute Gasteiger partial charge is 0.408 e. The molecule has 0 spiro atoms. The van der Waals surface area contributed by atoms with E-state index in [0.717, 1.165) is 5.56 Å². The SMILES string of the molecule is CC(C)(C)OC(=O)N[C@]12[C@H]([C@H]3COC(C)(C)O3)[C@H]3O[C@](O)(O[C@@H]([C@H]1OCOCc1ccccc1)[C@]3(O)COC(=O)c1ccccc1)[C@H]2O. The van der Waals surface area contributed by atoms with Crippen LogP contribution in [0.2, 0.25) is 0 Å². The third kappa shape index (κ3) is 6.32. The topological polar surface area (TPSA) is 181 Å². The van der Waals surface area contributed by atoms with Gasteiger partial charge in [0.15, 0.2) is 17.5 Å². The lowest BCUT2D eigenvalue weighted by atomic mass is 9.54. The summed E-state index contributed by atoms with van der Waals surface area (Å²) >= 11 is 0. The molecule has 7 rings (SSSR count). The van der Waals surface area contributed by atoms with E-state index in [0.29, 0.717) is 0 Å². The van der Waals surface area contributed by atoms with Crippen molar-refractivity contribution in [3.8, 4) is 0 Å². The molecule has 2 aromatic rings. The first kappa shape index (κ1) is 34.7. The van der Waals surface area contributed by atoms with Crippen molar-refractivity contribution in [3.63, 3.8) is 0 Å². The van der Waals surface area contributed by atoms with Gasteiger partial charge in [-0.3, -0.25) is 0 Å². The first-order chi connectivity index (χ1) is 22.6. The molecule has 0 unspecified atom stereocenters. The van der Waals surface area contributed by atoms with Gasteiger partial charge in [0.2, 0.25) is 0 Å². The number of hydrogen-bond acceptors (Lipinski definition) is 13. The van der Waals surface area contributed by atoms with Gasteiger partial charge in [-0.1, -0.05) is 48.5 Å². The van der Waals surface area contributed by atoms with Crippen molar-refractivity contribution in [2.75, 3.05) is 20.0 Å². The normalized spacial score (nSPS) is 36.5. The van der Waals surface area contributed by atoms with Crippen LogP contribution in [-0.4, -0.2) is 106 Å². The third-order valence-electron chi connectivity index (χ3n) is 9.03. The summed E-state index contributed by atoms with van der Waals surface area (Å²) in [7, 11) is 0. The predicted octanol–water partition coefficient (Wildman–Crippen LogP) is 1.98. The molecule has 4 N–H and O–H groups in total. The van der Waals surface area contributed by atoms with Crippen molar-refractivity contribution in [2.24, 2.45) is 5.92 Å². The standard InChI is InChI=1S/C34H43NO13/c1-30(2,3)48-29(38)35-33-23(22-17-44-31(4,5)45-22)24-32(39,18-42-27(36)21-14-10-7-11-15-21)25(47-34(40,46-24)28(33)37)26(33)43-19-41-16-20-12-8-6-9-13-20/h6-15,22-26,28,37,39-40H,16-19H2,1-5H3,(H,35,38)/t22-,23-,24-,25+,26-,28+,32+,33-,34+/m1/s1. The highest BCUT2D eigenvalue weighted by Crippen LogP contribution is 2.60. The maximum Gasteiger partial charge on any atom is 0.408 e. The molecule has 2 aromatic carbocycles. The summed E-state index contributed by atoms with van der Waals surface area (Å²) in [5.41, 5.74) is -4.05. The zero-order chi connectivity index (χ0) is 34.5. The second kappa shape index (κ2) is 12.6. The summed E-state index contributed by atoms with van der Waals surface area (Å²) in [5.74, 6) is -5.75. The van der Waals surface area contributed by atoms with E-state index in [1.54, 1.807) is 65.0 Å². The Hall–Kier alpha value is -3.18. The number of aliphatic hydroxyl groups is 3. The van der Waals surface area contributed by atoms with Crippen molar-refractivity contribution >= 4 is 12.1 Å². The summed E-state index contributed by atoms with van der Waals surface area (Å²) in [5, 5.41) is 38.8. The Labute approximate surface area is 278 Å². The van der Waals surface area contributed by atoms with Crippen molar-refractivity contribution in [1.82, 2.24) is 5.32 Å². The Morgan fingerprint density at radius 2 is 1.60 bits per heavy atom. The van der Waals surface area contributed by atoms with Crippen LogP contribution in [-0.2, 0) is 44.5 Å². The molecular formula is C34H43NO13. The molecular weight excluding hydrogens is 630 g/mol. The van der Waals surface area contributed by atoms with Gasteiger partial charge in [-0.05, 0) is 52.3 Å². The minimum Gasteiger partial charge on any atom is -0.459 e. The number of carbonyl (C=O) groups is 2. The third-order valence-corrected chi connectivity index (χ3v) is 9.03. The maximum absolute atomic E-state index is 13.6. The van der Waals surface area contributed by atoms with Crippen molar-refractivity contribution < 1.29 is 62.8 Å². The molecule has 48 heavy (non-hydrogen) atoms. The highest BCUT2D eigenvalue weighted by Gasteiger charge is 2.84. The van der Waals surface area contributed by atoms with Crippen LogP contribution in [0.25, 0.3) is 0 Å². The quantitative estimate of drug-likeness (QED) is 0.164. The lowest BCUT2D eigenvalue weighted by Gasteiger charge is -2.71. The van der Waals surface area contributed by atoms with E-state index < -0.39 is 90.4 Å². The number of esters is 1. The van der Waals surface area contributed by atoms with Gasteiger partial charge in [-0.25, -0.2) is 9.59 Å². The molecule has 1 amide bonds. The molecule has 5 aliphatic rings. The molecule has 4 aliphatic heterocycles. The lowest BCUT2D eigenvalue weighted by molar-refractivity contribution is -0.550. The minimum atomic E-state index is -2.73. The molecule has 0 aromatic heterocycles. The number of alkyl carbamates (subject to hydrolysis) is 1. The average molecular weight is 674 g/mol. The lowest BCUT2D eigenvalue weighted by Crippen LogP contribution is -2.95. The van der Waals surface area contributed by atoms with Crippen LogP contribution in [0.5, 0.6) is 0 Å². The van der Waals surface area contributed by atoms with E-state index in [-0.39, 0.29) is 18.8 Å². The van der Waals surface area contributed by atoms with Crippen LogP contribution in [0, 0.1) is 5.92 Å². The molecule has 4 saturated heterocycles. The second-order valence-corrected chi connectivity index (χ2v) is 14.0. The van der Waals surface area contributed by atoms with Crippen LogP contribution in [0.3, 0.4) is 0 Å². The van der Waals surface area contributed by atoms with E-state index >= 15 is 0 Å². The molecule has 262 valence electrons. The highest BCUT2D eigenvalue weighted by molar-refractivity contribution is 5.89. The zero-order valence-electron chi connectivity index (χ0n) is 27.5. The summed E-state index contributed by atoms with van der Waals surface area (Å²) in [6.45, 7) is 7.40. The zero-order valence-corrected chi connectivity index (χ0v) is 27.5. The van der Waals surface area contributed by atoms with Crippen LogP contribution in [0.4, 0.5) is 4.79 Å². The fourth-order valence-corrected chi connectivity index (χ4v) is 7.11. The molecule has 14 heteroatoms. The van der Waals surface area contributed by atoms with E-state index in [4.69, 9.17) is 37.9 Å². The number of hydrogen-bond donors (Lipinski definition) is 4. The van der Waals surface area contributed by atoms with Crippen LogP contribution in [0.1, 0.15) is 50.5 Å². The fraction of sp³-hybridized carbons (Fsp3) is 0.588. The Bertz CT molecular complexity index is 1470. The van der Waals surface area contributed by atoms with Crippen LogP contribution < -0.4 is 5.32 Å². The van der Waals surface area contributed by atoms with Gasteiger partial charge in [0.25, 0.3) is 0 Å². The number of nitrogens with one attached hydrogen (secondary N) is 1. The maximum atomic E-state index is 13.6. The van der Waals surface area contributed by atoms with Crippen molar-refractivity contribution in [2.45, 2.75) is 100 Å². The number of aliphatic hydroxyl groups excluding tert-OH is 1. The predicted molar refractivity (Wildman–Crippen MR) is 164 cm³/mol. The fourth-order valence-electron chi connectivity index (χ4n) is 7.11. The van der Waals surface area contributed by atoms with E-state index in [1.807, 2.05) is 30.3 Å². The summed E-state index contributed by atoms with van der Waals surface area (Å²) in [6.07, 6.45) is -8.36. The Morgan fingerprint density at radius 3 is 2.23 bits per heavy atom. The number of carbonyl (C=O) groups excluding carboxylic acids is 2. The Balaban J connectivity index is 1.40. The van der Waals surface area contributed by atoms with Gasteiger partial charge in [-0.15, -0.1) is 0 Å². The number of amides is 1. The molecule has 1 aliphatic carbocycles. The van der Waals surface area contributed by atoms with Crippen molar-refractivity contribution in [3.05, 3.63) is 71.8 Å². The molecule has 0 radical (unpaired) electrons. The first-order valence-corrected chi connectivity index (χ1v) is 15.8. The van der Waals surface area contributed by atoms with Gasteiger partial charge in [0.05, 0.1) is 24.9 Å². The Morgan fingerprint density at radius 1 is 0.958 bits per heavy atom. The molecule has 4 bridgehead atoms. The number of ether oxygens (including phenoxy) is 8. The van der Waals surface area contributed by atoms with Gasteiger partial charge >= 0.3 is 18.0 Å². The molecule has 4 heterocycles. The van der Waals surface area contributed by atoms with Gasteiger partial charge in [0, 0.05) is 5.92 Å². The largest absolute Gasteiger partial charge is 0.459 e. The minimum absolute atomic E-state index is 0.0525. The monoisotopic (exact) mass is 673 g/mol. The second-order valence-electron chi connectivity index (χ2n) is 14.0. The number of rotatable bonds is 10. The molecule has 5 fully saturated rings. The van der Waals surface area contributed by atoms with E-state index in [9.17, 15) is 24.9 Å². The van der Waals surface area contributed by atoms with Gasteiger partial charge < -0.3 is 58.5 Å². The van der Waals surface area contributed by atoms with Crippen LogP contribution >= 0.6 is 0 Å². The summed E-state index contributed by atoms with van der Waals surface area (Å²) < 4.78 is 47.2. The molecule has 9 atom stereocenters. The van der Waals surface area contributed by atoms with Crippen LogP contribution in [0.15, 0.2) is 60.7 Å². The van der Waals surface area contributed by atoms with E-state index in [1.165, 1.54) is 0 Å². The van der Waals surface area contributed by atoms with Gasteiger partial charge in [-0.2, -0.15) is 0 Å². The Kier molecular flexibility index (Phi) is 9.11. The highest BCUT2D eigenvalue weighted by atomic mass is 16.9. The van der Waals surface area contributed by atoms with Gasteiger partial charge in [0.1, 0.15) is 42.9 Å². The number of benzene rings is 2. The average Bonchev–Trinajstić information content (AvgIpc) is 3.38. The summed E-state index contributed by atoms with van der Waals surface area (Å²) in [6, 6.07) is 17.5. The molecule has 14 nitrogen and oxygen atoms in total. The van der Waals surface area contributed by atoms with E-state index in [2.05, 4.69) is 5.32 Å². The van der Waals surface area contributed by atoms with Crippen molar-refractivity contribution in [1.29, 1.82) is 0 Å².